The number of aliphatic hydroxyl groups excluding tert-OH is 1. The van der Waals surface area contributed by atoms with E-state index in [4.69, 9.17) is 9.47 Å². The SMILES string of the molecule is CCCN(CC(O)COC(C)COC)C1CCCNC1. The minimum Gasteiger partial charge on any atom is -0.389 e. The first-order chi connectivity index (χ1) is 9.67. The minimum atomic E-state index is -0.428. The Balaban J connectivity index is 2.31. The first kappa shape index (κ1) is 17.9. The fourth-order valence-corrected chi connectivity index (χ4v) is 2.74. The molecule has 0 aromatic rings. The number of nitrogens with zero attached hydrogens (tertiary/aromatic N) is 1. The second-order valence-corrected chi connectivity index (χ2v) is 5.75. The Labute approximate surface area is 123 Å². The first-order valence-corrected chi connectivity index (χ1v) is 7.90. The van der Waals surface area contributed by atoms with E-state index in [0.29, 0.717) is 25.8 Å². The maximum absolute atomic E-state index is 10.2. The molecule has 0 aliphatic carbocycles. The normalized spacial score (nSPS) is 22.9. The summed E-state index contributed by atoms with van der Waals surface area (Å²) in [5, 5.41) is 13.6. The highest BCUT2D eigenvalue weighted by Crippen LogP contribution is 2.12. The number of rotatable bonds is 10. The van der Waals surface area contributed by atoms with E-state index in [0.717, 1.165) is 26.1 Å². The van der Waals surface area contributed by atoms with E-state index in [-0.39, 0.29) is 6.10 Å². The molecule has 0 aromatic heterocycles. The van der Waals surface area contributed by atoms with Crippen molar-refractivity contribution in [1.82, 2.24) is 10.2 Å². The third-order valence-corrected chi connectivity index (χ3v) is 3.72. The van der Waals surface area contributed by atoms with Crippen molar-refractivity contribution in [2.45, 2.75) is 51.4 Å². The smallest absolute Gasteiger partial charge is 0.0900 e. The van der Waals surface area contributed by atoms with Gasteiger partial charge in [-0.3, -0.25) is 4.90 Å². The summed E-state index contributed by atoms with van der Waals surface area (Å²) in [5.41, 5.74) is 0. The van der Waals surface area contributed by atoms with Gasteiger partial charge in [0.2, 0.25) is 0 Å². The Bertz CT molecular complexity index is 235. The molecule has 3 unspecified atom stereocenters. The number of methoxy groups -OCH3 is 1. The zero-order valence-electron chi connectivity index (χ0n) is 13.3. The van der Waals surface area contributed by atoms with Crippen molar-refractivity contribution in [2.75, 3.05) is 46.5 Å². The molecule has 5 heteroatoms. The van der Waals surface area contributed by atoms with E-state index in [1.165, 1.54) is 12.8 Å². The summed E-state index contributed by atoms with van der Waals surface area (Å²) < 4.78 is 10.6. The molecule has 0 radical (unpaired) electrons. The first-order valence-electron chi connectivity index (χ1n) is 7.90. The van der Waals surface area contributed by atoms with Gasteiger partial charge in [-0.2, -0.15) is 0 Å². The number of hydrogen-bond donors (Lipinski definition) is 2. The maximum atomic E-state index is 10.2. The van der Waals surface area contributed by atoms with Crippen molar-refractivity contribution >= 4 is 0 Å². The fraction of sp³-hybridized carbons (Fsp3) is 1.00. The molecule has 120 valence electrons. The van der Waals surface area contributed by atoms with Gasteiger partial charge in [-0.15, -0.1) is 0 Å². The number of nitrogens with one attached hydrogen (secondary N) is 1. The van der Waals surface area contributed by atoms with Crippen molar-refractivity contribution in [1.29, 1.82) is 0 Å². The van der Waals surface area contributed by atoms with Crippen LogP contribution in [0.3, 0.4) is 0 Å². The minimum absolute atomic E-state index is 0.0330. The summed E-state index contributed by atoms with van der Waals surface area (Å²) in [6, 6.07) is 0.551. The van der Waals surface area contributed by atoms with Gasteiger partial charge >= 0.3 is 0 Å². The predicted molar refractivity (Wildman–Crippen MR) is 81.1 cm³/mol. The van der Waals surface area contributed by atoms with Gasteiger partial charge in [0.05, 0.1) is 25.4 Å². The van der Waals surface area contributed by atoms with Crippen LogP contribution < -0.4 is 5.32 Å². The quantitative estimate of drug-likeness (QED) is 0.624. The lowest BCUT2D eigenvalue weighted by Crippen LogP contribution is -2.49. The average Bonchev–Trinajstić information content (AvgIpc) is 2.46. The summed E-state index contributed by atoms with van der Waals surface area (Å²) >= 11 is 0. The average molecular weight is 288 g/mol. The second kappa shape index (κ2) is 10.5. The number of hydrogen-bond acceptors (Lipinski definition) is 5. The summed E-state index contributed by atoms with van der Waals surface area (Å²) in [6.45, 7) is 8.99. The molecule has 1 aliphatic rings. The van der Waals surface area contributed by atoms with E-state index in [1.54, 1.807) is 7.11 Å². The number of aliphatic hydroxyl groups is 1. The van der Waals surface area contributed by atoms with Crippen LogP contribution in [0.25, 0.3) is 0 Å². The largest absolute Gasteiger partial charge is 0.389 e. The van der Waals surface area contributed by atoms with Crippen LogP contribution in [0.5, 0.6) is 0 Å². The lowest BCUT2D eigenvalue weighted by atomic mass is 10.1. The van der Waals surface area contributed by atoms with Crippen molar-refractivity contribution in [3.63, 3.8) is 0 Å². The fourth-order valence-electron chi connectivity index (χ4n) is 2.74. The second-order valence-electron chi connectivity index (χ2n) is 5.75. The monoisotopic (exact) mass is 288 g/mol. The Morgan fingerprint density at radius 2 is 2.20 bits per heavy atom. The van der Waals surface area contributed by atoms with Crippen LogP contribution in [0.15, 0.2) is 0 Å². The predicted octanol–water partition coefficient (Wildman–Crippen LogP) is 0.863. The van der Waals surface area contributed by atoms with Gasteiger partial charge in [0.25, 0.3) is 0 Å². The summed E-state index contributed by atoms with van der Waals surface area (Å²) in [4.78, 5) is 2.40. The van der Waals surface area contributed by atoms with Crippen LogP contribution in [0.2, 0.25) is 0 Å². The molecule has 1 rings (SSSR count). The van der Waals surface area contributed by atoms with Crippen LogP contribution in [0.1, 0.15) is 33.1 Å². The zero-order chi connectivity index (χ0) is 14.8. The van der Waals surface area contributed by atoms with Gasteiger partial charge in [0.15, 0.2) is 0 Å². The Morgan fingerprint density at radius 3 is 2.80 bits per heavy atom. The van der Waals surface area contributed by atoms with Crippen molar-refractivity contribution in [3.8, 4) is 0 Å². The highest BCUT2D eigenvalue weighted by molar-refractivity contribution is 4.80. The molecule has 2 N–H and O–H groups in total. The van der Waals surface area contributed by atoms with Gasteiger partial charge in [-0.05, 0) is 39.3 Å². The highest BCUT2D eigenvalue weighted by Gasteiger charge is 2.22. The molecule has 1 aliphatic heterocycles. The van der Waals surface area contributed by atoms with Crippen LogP contribution in [0, 0.1) is 0 Å². The number of ether oxygens (including phenoxy) is 2. The van der Waals surface area contributed by atoms with Crippen LogP contribution >= 0.6 is 0 Å². The number of piperidine rings is 1. The van der Waals surface area contributed by atoms with Crippen molar-refractivity contribution in [2.24, 2.45) is 0 Å². The molecule has 0 aromatic carbocycles. The van der Waals surface area contributed by atoms with E-state index in [2.05, 4.69) is 17.1 Å². The van der Waals surface area contributed by atoms with Gasteiger partial charge in [-0.25, -0.2) is 0 Å². The Kier molecular flexibility index (Phi) is 9.39. The molecule has 0 amide bonds. The molecule has 1 heterocycles. The maximum Gasteiger partial charge on any atom is 0.0900 e. The zero-order valence-corrected chi connectivity index (χ0v) is 13.3. The van der Waals surface area contributed by atoms with E-state index in [1.807, 2.05) is 6.92 Å². The topological polar surface area (TPSA) is 54.0 Å². The van der Waals surface area contributed by atoms with E-state index in [9.17, 15) is 5.11 Å². The molecule has 0 bridgehead atoms. The summed E-state index contributed by atoms with van der Waals surface area (Å²) in [5.74, 6) is 0. The molecular weight excluding hydrogens is 256 g/mol. The molecule has 1 fully saturated rings. The third-order valence-electron chi connectivity index (χ3n) is 3.72. The lowest BCUT2D eigenvalue weighted by Gasteiger charge is -2.35. The molecule has 0 saturated carbocycles. The van der Waals surface area contributed by atoms with Gasteiger partial charge < -0.3 is 19.9 Å². The highest BCUT2D eigenvalue weighted by atomic mass is 16.5. The Morgan fingerprint density at radius 1 is 1.40 bits per heavy atom. The van der Waals surface area contributed by atoms with Gasteiger partial charge in [-0.1, -0.05) is 6.92 Å². The van der Waals surface area contributed by atoms with E-state index >= 15 is 0 Å². The van der Waals surface area contributed by atoms with Gasteiger partial charge in [0, 0.05) is 26.2 Å². The van der Waals surface area contributed by atoms with E-state index < -0.39 is 6.10 Å². The third kappa shape index (κ3) is 6.99. The van der Waals surface area contributed by atoms with Crippen LogP contribution in [-0.4, -0.2) is 74.8 Å². The van der Waals surface area contributed by atoms with Crippen molar-refractivity contribution < 1.29 is 14.6 Å². The molecule has 20 heavy (non-hydrogen) atoms. The lowest BCUT2D eigenvalue weighted by molar-refractivity contribution is -0.0436. The van der Waals surface area contributed by atoms with Crippen LogP contribution in [0.4, 0.5) is 0 Å². The van der Waals surface area contributed by atoms with Crippen LogP contribution in [-0.2, 0) is 9.47 Å². The Hall–Kier alpha value is -0.200. The molecule has 0 spiro atoms. The summed E-state index contributed by atoms with van der Waals surface area (Å²) in [7, 11) is 1.66. The summed E-state index contributed by atoms with van der Waals surface area (Å²) in [6.07, 6.45) is 3.17. The molecule has 5 nitrogen and oxygen atoms in total. The van der Waals surface area contributed by atoms with Crippen molar-refractivity contribution in [3.05, 3.63) is 0 Å². The molecule has 3 atom stereocenters. The standard InChI is InChI=1S/C15H32N2O3/c1-4-8-17(14-6-5-7-16-9-14)10-15(18)12-20-13(2)11-19-3/h13-16,18H,4-12H2,1-3H3. The molecular formula is C15H32N2O3. The van der Waals surface area contributed by atoms with Gasteiger partial charge in [0.1, 0.15) is 0 Å². The molecule has 1 saturated heterocycles.